The van der Waals surface area contributed by atoms with Crippen molar-refractivity contribution in [2.24, 2.45) is 5.41 Å². The van der Waals surface area contributed by atoms with Crippen LogP contribution in [0.1, 0.15) is 25.2 Å². The SMILES string of the molecule is Cc1cccc2nc(CCl)n(CC(C)(C)CN(C)C)c12. The average molecular weight is 294 g/mol. The third-order valence-corrected chi connectivity index (χ3v) is 3.74. The standard InChI is InChI=1S/C16H24ClN3/c1-12-7-6-8-13-15(12)20(14(9-17)18-13)11-16(2,3)10-19(4)5/h6-8H,9-11H2,1-5H3. The van der Waals surface area contributed by atoms with Crippen molar-refractivity contribution in [2.45, 2.75) is 33.2 Å². The Hall–Kier alpha value is -1.06. The van der Waals surface area contributed by atoms with Crippen molar-refractivity contribution in [3.05, 3.63) is 29.6 Å². The lowest BCUT2D eigenvalue weighted by Crippen LogP contribution is -2.32. The van der Waals surface area contributed by atoms with Gasteiger partial charge in [-0.1, -0.05) is 26.0 Å². The first-order valence-electron chi connectivity index (χ1n) is 6.99. The van der Waals surface area contributed by atoms with E-state index in [-0.39, 0.29) is 5.41 Å². The Kier molecular flexibility index (Phi) is 4.40. The minimum Gasteiger partial charge on any atom is -0.326 e. The highest BCUT2D eigenvalue weighted by molar-refractivity contribution is 6.16. The summed E-state index contributed by atoms with van der Waals surface area (Å²) in [5.74, 6) is 1.41. The summed E-state index contributed by atoms with van der Waals surface area (Å²) in [6.07, 6.45) is 0. The molecule has 0 N–H and O–H groups in total. The van der Waals surface area contributed by atoms with Gasteiger partial charge in [0.05, 0.1) is 16.9 Å². The predicted molar refractivity (Wildman–Crippen MR) is 86.4 cm³/mol. The molecule has 0 saturated heterocycles. The molecular weight excluding hydrogens is 270 g/mol. The highest BCUT2D eigenvalue weighted by Gasteiger charge is 2.23. The van der Waals surface area contributed by atoms with Gasteiger partial charge in [-0.3, -0.25) is 0 Å². The lowest BCUT2D eigenvalue weighted by atomic mass is 9.92. The first-order valence-corrected chi connectivity index (χ1v) is 7.53. The molecule has 110 valence electrons. The average Bonchev–Trinajstić information content (AvgIpc) is 2.66. The maximum Gasteiger partial charge on any atom is 0.124 e. The molecule has 3 nitrogen and oxygen atoms in total. The van der Waals surface area contributed by atoms with Crippen LogP contribution in [0, 0.1) is 12.3 Å². The molecule has 4 heteroatoms. The number of hydrogen-bond acceptors (Lipinski definition) is 2. The highest BCUT2D eigenvalue weighted by atomic mass is 35.5. The van der Waals surface area contributed by atoms with Crippen molar-refractivity contribution in [2.75, 3.05) is 20.6 Å². The van der Waals surface area contributed by atoms with Gasteiger partial charge in [-0.05, 0) is 38.1 Å². The number of rotatable bonds is 5. The van der Waals surface area contributed by atoms with Crippen LogP contribution in [-0.2, 0) is 12.4 Å². The van der Waals surface area contributed by atoms with Gasteiger partial charge in [0.2, 0.25) is 0 Å². The second-order valence-corrected chi connectivity index (χ2v) is 6.86. The molecule has 1 aromatic heterocycles. The van der Waals surface area contributed by atoms with E-state index in [1.54, 1.807) is 0 Å². The van der Waals surface area contributed by atoms with E-state index in [0.29, 0.717) is 5.88 Å². The minimum absolute atomic E-state index is 0.167. The Balaban J connectivity index is 2.47. The lowest BCUT2D eigenvalue weighted by molar-refractivity contribution is 0.212. The Morgan fingerprint density at radius 1 is 1.30 bits per heavy atom. The zero-order chi connectivity index (χ0) is 14.9. The van der Waals surface area contributed by atoms with Crippen LogP contribution in [-0.4, -0.2) is 35.1 Å². The molecule has 0 aliphatic rings. The zero-order valence-corrected chi connectivity index (χ0v) is 13.8. The smallest absolute Gasteiger partial charge is 0.124 e. The Morgan fingerprint density at radius 2 is 2.00 bits per heavy atom. The number of aryl methyl sites for hydroxylation is 1. The summed E-state index contributed by atoms with van der Waals surface area (Å²) in [4.78, 5) is 6.90. The predicted octanol–water partition coefficient (Wildman–Crippen LogP) is 3.67. The molecule has 0 amide bonds. The Bertz CT molecular complexity index is 599. The minimum atomic E-state index is 0.167. The zero-order valence-electron chi connectivity index (χ0n) is 13.1. The van der Waals surface area contributed by atoms with E-state index in [2.05, 4.69) is 67.5 Å². The molecule has 0 aliphatic heterocycles. The summed E-state index contributed by atoms with van der Waals surface area (Å²) >= 11 is 6.10. The van der Waals surface area contributed by atoms with E-state index < -0.39 is 0 Å². The number of nitrogens with zero attached hydrogens (tertiary/aromatic N) is 3. The van der Waals surface area contributed by atoms with E-state index in [1.807, 2.05) is 0 Å². The number of benzene rings is 1. The molecule has 2 aromatic rings. The van der Waals surface area contributed by atoms with Crippen LogP contribution in [0.3, 0.4) is 0 Å². The molecule has 1 aromatic carbocycles. The van der Waals surface area contributed by atoms with Gasteiger partial charge in [-0.15, -0.1) is 11.6 Å². The first-order chi connectivity index (χ1) is 9.34. The van der Waals surface area contributed by atoms with Gasteiger partial charge in [-0.25, -0.2) is 4.98 Å². The molecular formula is C16H24ClN3. The summed E-state index contributed by atoms with van der Waals surface area (Å²) in [7, 11) is 4.23. The fraction of sp³-hybridized carbons (Fsp3) is 0.562. The molecule has 0 saturated carbocycles. The topological polar surface area (TPSA) is 21.1 Å². The van der Waals surface area contributed by atoms with Crippen molar-refractivity contribution in [1.29, 1.82) is 0 Å². The Labute approximate surface area is 126 Å². The van der Waals surface area contributed by atoms with Gasteiger partial charge in [-0.2, -0.15) is 0 Å². The fourth-order valence-corrected chi connectivity index (χ4v) is 3.22. The summed E-state index contributed by atoms with van der Waals surface area (Å²) < 4.78 is 2.29. The number of imidazole rings is 1. The molecule has 0 fully saturated rings. The molecule has 0 radical (unpaired) electrons. The summed E-state index contributed by atoms with van der Waals surface area (Å²) in [6, 6.07) is 6.25. The van der Waals surface area contributed by atoms with Crippen LogP contribution >= 0.6 is 11.6 Å². The number of halogens is 1. The van der Waals surface area contributed by atoms with Crippen LogP contribution < -0.4 is 0 Å². The molecule has 1 heterocycles. The fourth-order valence-electron chi connectivity index (χ4n) is 3.02. The molecule has 0 atom stereocenters. The van der Waals surface area contributed by atoms with Crippen LogP contribution in [0.5, 0.6) is 0 Å². The van der Waals surface area contributed by atoms with Crippen LogP contribution in [0.2, 0.25) is 0 Å². The quantitative estimate of drug-likeness (QED) is 0.784. The molecule has 0 spiro atoms. The van der Waals surface area contributed by atoms with Crippen LogP contribution in [0.25, 0.3) is 11.0 Å². The number of fused-ring (bicyclic) bond motifs is 1. The van der Waals surface area contributed by atoms with Crippen molar-refractivity contribution < 1.29 is 0 Å². The number of hydrogen-bond donors (Lipinski definition) is 0. The number of alkyl halides is 1. The maximum absolute atomic E-state index is 6.10. The second kappa shape index (κ2) is 5.74. The largest absolute Gasteiger partial charge is 0.326 e. The van der Waals surface area contributed by atoms with E-state index in [1.165, 1.54) is 11.1 Å². The third-order valence-electron chi connectivity index (χ3n) is 3.50. The van der Waals surface area contributed by atoms with Crippen molar-refractivity contribution in [1.82, 2.24) is 14.5 Å². The molecule has 0 aliphatic carbocycles. The summed E-state index contributed by atoms with van der Waals surface area (Å²) in [5, 5.41) is 0. The van der Waals surface area contributed by atoms with Gasteiger partial charge in [0, 0.05) is 13.1 Å². The summed E-state index contributed by atoms with van der Waals surface area (Å²) in [6.45, 7) is 8.66. The van der Waals surface area contributed by atoms with E-state index in [0.717, 1.165) is 24.4 Å². The second-order valence-electron chi connectivity index (χ2n) is 6.59. The normalized spacial score (nSPS) is 12.6. The van der Waals surface area contributed by atoms with Gasteiger partial charge in [0.1, 0.15) is 5.82 Å². The first kappa shape index (κ1) is 15.3. The van der Waals surface area contributed by atoms with Crippen LogP contribution in [0.4, 0.5) is 0 Å². The number of para-hydroxylation sites is 1. The Morgan fingerprint density at radius 3 is 2.60 bits per heavy atom. The molecule has 0 unspecified atom stereocenters. The highest BCUT2D eigenvalue weighted by Crippen LogP contribution is 2.27. The van der Waals surface area contributed by atoms with Crippen molar-refractivity contribution >= 4 is 22.6 Å². The van der Waals surface area contributed by atoms with Crippen molar-refractivity contribution in [3.63, 3.8) is 0 Å². The molecule has 20 heavy (non-hydrogen) atoms. The number of aromatic nitrogens is 2. The maximum atomic E-state index is 6.10. The van der Waals surface area contributed by atoms with Crippen molar-refractivity contribution in [3.8, 4) is 0 Å². The van der Waals surface area contributed by atoms with E-state index in [4.69, 9.17) is 11.6 Å². The summed E-state index contributed by atoms with van der Waals surface area (Å²) in [5.41, 5.74) is 3.68. The van der Waals surface area contributed by atoms with Gasteiger partial charge in [0.15, 0.2) is 0 Å². The van der Waals surface area contributed by atoms with Gasteiger partial charge in [0.25, 0.3) is 0 Å². The lowest BCUT2D eigenvalue weighted by Gasteiger charge is -2.29. The molecule has 2 rings (SSSR count). The van der Waals surface area contributed by atoms with E-state index in [9.17, 15) is 0 Å². The van der Waals surface area contributed by atoms with Gasteiger partial charge < -0.3 is 9.47 Å². The monoisotopic (exact) mass is 293 g/mol. The third kappa shape index (κ3) is 3.15. The van der Waals surface area contributed by atoms with E-state index >= 15 is 0 Å². The van der Waals surface area contributed by atoms with Crippen LogP contribution in [0.15, 0.2) is 18.2 Å². The van der Waals surface area contributed by atoms with Gasteiger partial charge >= 0.3 is 0 Å². The molecule has 0 bridgehead atoms.